The summed E-state index contributed by atoms with van der Waals surface area (Å²) in [7, 11) is 0. The van der Waals surface area contributed by atoms with E-state index in [-0.39, 0.29) is 0 Å². The smallest absolute Gasteiger partial charge is 0.343 e. The van der Waals surface area contributed by atoms with Crippen molar-refractivity contribution in [2.75, 3.05) is 6.61 Å². The molecule has 0 aliphatic carbocycles. The molecule has 0 N–H and O–H groups in total. The van der Waals surface area contributed by atoms with Crippen molar-refractivity contribution in [3.8, 4) is 22.9 Å². The minimum atomic E-state index is -0.471. The summed E-state index contributed by atoms with van der Waals surface area (Å²) in [5.74, 6) is 1.21. The summed E-state index contributed by atoms with van der Waals surface area (Å²) < 4.78 is 11.3. The van der Waals surface area contributed by atoms with Crippen molar-refractivity contribution in [1.82, 2.24) is 9.97 Å². The zero-order valence-electron chi connectivity index (χ0n) is 22.2. The van der Waals surface area contributed by atoms with E-state index in [1.165, 1.54) is 44.9 Å². The monoisotopic (exact) mass is 522 g/mol. The van der Waals surface area contributed by atoms with Gasteiger partial charge >= 0.3 is 5.97 Å². The quantitative estimate of drug-likeness (QED) is 0.107. The molecule has 0 radical (unpaired) electrons. The molecule has 0 bridgehead atoms. The number of carbonyl (C=O) groups excluding carboxylic acids is 1. The second-order valence-electron chi connectivity index (χ2n) is 9.40. The highest BCUT2D eigenvalue weighted by molar-refractivity contribution is 6.32. The predicted octanol–water partition coefficient (Wildman–Crippen LogP) is 8.88. The molecule has 6 heteroatoms. The van der Waals surface area contributed by atoms with Crippen LogP contribution in [0, 0.1) is 0 Å². The van der Waals surface area contributed by atoms with Crippen molar-refractivity contribution in [3.05, 3.63) is 71.0 Å². The molecule has 2 aromatic carbocycles. The molecule has 3 aromatic rings. The Labute approximate surface area is 226 Å². The van der Waals surface area contributed by atoms with Gasteiger partial charge in [0.05, 0.1) is 17.2 Å². The third-order valence-electron chi connectivity index (χ3n) is 6.27. The minimum absolute atomic E-state index is 0.374. The van der Waals surface area contributed by atoms with Crippen LogP contribution in [-0.4, -0.2) is 22.5 Å². The average Bonchev–Trinajstić information content (AvgIpc) is 2.92. The van der Waals surface area contributed by atoms with Gasteiger partial charge in [-0.15, -0.1) is 0 Å². The van der Waals surface area contributed by atoms with Crippen molar-refractivity contribution in [3.63, 3.8) is 0 Å². The van der Waals surface area contributed by atoms with Gasteiger partial charge in [0.1, 0.15) is 11.5 Å². The topological polar surface area (TPSA) is 61.3 Å². The first-order valence-corrected chi connectivity index (χ1v) is 14.0. The molecule has 37 heavy (non-hydrogen) atoms. The molecule has 0 aliphatic heterocycles. The maximum atomic E-state index is 12.6. The Balaban J connectivity index is 1.46. The Kier molecular flexibility index (Phi) is 12.4. The number of aryl methyl sites for hydroxylation is 1. The van der Waals surface area contributed by atoms with E-state index in [1.54, 1.807) is 30.3 Å². The lowest BCUT2D eigenvalue weighted by molar-refractivity contribution is 0.0734. The highest BCUT2D eigenvalue weighted by atomic mass is 35.5. The predicted molar refractivity (Wildman–Crippen MR) is 151 cm³/mol. The van der Waals surface area contributed by atoms with Crippen LogP contribution in [0.25, 0.3) is 11.4 Å². The average molecular weight is 523 g/mol. The normalized spacial score (nSPS) is 10.9. The fourth-order valence-electron chi connectivity index (χ4n) is 4.04. The highest BCUT2D eigenvalue weighted by Gasteiger charge is 2.12. The standard InChI is InChI=1S/C31H39ClN2O3/c1-3-5-7-8-9-10-12-20-36-29-19-16-26(21-28(29)32)31(35)37-27-17-14-25(15-18-27)30-33-22-24(23-34-30)13-11-6-4-2/h14-19,21-23H,3-13,20H2,1-2H3. The van der Waals surface area contributed by atoms with E-state index in [0.29, 0.717) is 34.5 Å². The largest absolute Gasteiger partial charge is 0.492 e. The molecule has 0 saturated carbocycles. The van der Waals surface area contributed by atoms with Gasteiger partial charge in [-0.1, -0.05) is 76.8 Å². The Bertz CT molecular complexity index is 1080. The number of hydrogen-bond acceptors (Lipinski definition) is 5. The van der Waals surface area contributed by atoms with Gasteiger partial charge in [-0.2, -0.15) is 0 Å². The second-order valence-corrected chi connectivity index (χ2v) is 9.81. The maximum absolute atomic E-state index is 12.6. The van der Waals surface area contributed by atoms with E-state index < -0.39 is 5.97 Å². The number of rotatable bonds is 16. The van der Waals surface area contributed by atoms with Crippen LogP contribution in [0.5, 0.6) is 11.5 Å². The molecule has 0 unspecified atom stereocenters. The molecule has 1 heterocycles. The van der Waals surface area contributed by atoms with Crippen LogP contribution in [0.1, 0.15) is 94.0 Å². The third-order valence-corrected chi connectivity index (χ3v) is 6.57. The van der Waals surface area contributed by atoms with Crippen LogP contribution in [0.2, 0.25) is 5.02 Å². The molecule has 0 atom stereocenters. The van der Waals surface area contributed by atoms with Crippen molar-refractivity contribution in [2.24, 2.45) is 0 Å². The van der Waals surface area contributed by atoms with Crippen LogP contribution in [-0.2, 0) is 6.42 Å². The van der Waals surface area contributed by atoms with Gasteiger partial charge in [0.15, 0.2) is 5.82 Å². The van der Waals surface area contributed by atoms with Gasteiger partial charge in [-0.3, -0.25) is 0 Å². The number of nitrogens with zero attached hydrogens (tertiary/aromatic N) is 2. The summed E-state index contributed by atoms with van der Waals surface area (Å²) >= 11 is 6.36. The van der Waals surface area contributed by atoms with Crippen LogP contribution in [0.4, 0.5) is 0 Å². The number of hydrogen-bond donors (Lipinski definition) is 0. The Morgan fingerprint density at radius 1 is 0.811 bits per heavy atom. The zero-order chi connectivity index (χ0) is 26.3. The van der Waals surface area contributed by atoms with Crippen LogP contribution < -0.4 is 9.47 Å². The number of carbonyl (C=O) groups is 1. The van der Waals surface area contributed by atoms with E-state index in [2.05, 4.69) is 23.8 Å². The van der Waals surface area contributed by atoms with Gasteiger partial charge in [-0.05, 0) is 67.3 Å². The molecular weight excluding hydrogens is 484 g/mol. The molecule has 0 amide bonds. The lowest BCUT2D eigenvalue weighted by Gasteiger charge is -2.10. The van der Waals surface area contributed by atoms with E-state index in [1.807, 2.05) is 24.5 Å². The number of esters is 1. The van der Waals surface area contributed by atoms with Crippen LogP contribution >= 0.6 is 11.6 Å². The summed E-state index contributed by atoms with van der Waals surface area (Å²) in [6.45, 7) is 5.04. The number of benzene rings is 2. The molecule has 0 aliphatic rings. The molecule has 3 rings (SSSR count). The van der Waals surface area contributed by atoms with E-state index in [0.717, 1.165) is 36.8 Å². The third kappa shape index (κ3) is 9.81. The first-order valence-electron chi connectivity index (χ1n) is 13.7. The highest BCUT2D eigenvalue weighted by Crippen LogP contribution is 2.27. The van der Waals surface area contributed by atoms with Crippen LogP contribution in [0.3, 0.4) is 0 Å². The molecular formula is C31H39ClN2O3. The van der Waals surface area contributed by atoms with E-state index >= 15 is 0 Å². The summed E-state index contributed by atoms with van der Waals surface area (Å²) in [6, 6.07) is 12.2. The molecule has 1 aromatic heterocycles. The lowest BCUT2D eigenvalue weighted by Crippen LogP contribution is -2.08. The Morgan fingerprint density at radius 3 is 2.14 bits per heavy atom. The first-order chi connectivity index (χ1) is 18.1. The Morgan fingerprint density at radius 2 is 1.46 bits per heavy atom. The first kappa shape index (κ1) is 28.6. The molecule has 5 nitrogen and oxygen atoms in total. The summed E-state index contributed by atoms with van der Waals surface area (Å²) in [5.41, 5.74) is 2.39. The summed E-state index contributed by atoms with van der Waals surface area (Å²) in [5, 5.41) is 0.406. The summed E-state index contributed by atoms with van der Waals surface area (Å²) in [4.78, 5) is 21.6. The zero-order valence-corrected chi connectivity index (χ0v) is 22.9. The van der Waals surface area contributed by atoms with Gasteiger partial charge in [0.2, 0.25) is 0 Å². The minimum Gasteiger partial charge on any atom is -0.492 e. The van der Waals surface area contributed by atoms with E-state index in [9.17, 15) is 4.79 Å². The van der Waals surface area contributed by atoms with Crippen molar-refractivity contribution < 1.29 is 14.3 Å². The van der Waals surface area contributed by atoms with Crippen LogP contribution in [0.15, 0.2) is 54.9 Å². The SMILES string of the molecule is CCCCCCCCCOc1ccc(C(=O)Oc2ccc(-c3ncc(CCCCC)cn3)cc2)cc1Cl. The lowest BCUT2D eigenvalue weighted by atomic mass is 10.1. The molecule has 0 spiro atoms. The number of halogens is 1. The van der Waals surface area contributed by atoms with Crippen molar-refractivity contribution in [2.45, 2.75) is 84.5 Å². The van der Waals surface area contributed by atoms with Crippen molar-refractivity contribution >= 4 is 17.6 Å². The maximum Gasteiger partial charge on any atom is 0.343 e. The number of aromatic nitrogens is 2. The number of unbranched alkanes of at least 4 members (excludes halogenated alkanes) is 8. The molecule has 198 valence electrons. The van der Waals surface area contributed by atoms with E-state index in [4.69, 9.17) is 21.1 Å². The summed E-state index contributed by atoms with van der Waals surface area (Å²) in [6.07, 6.45) is 16.9. The molecule has 0 fully saturated rings. The fraction of sp³-hybridized carbons (Fsp3) is 0.452. The van der Waals surface area contributed by atoms with Gasteiger partial charge in [0.25, 0.3) is 0 Å². The van der Waals surface area contributed by atoms with Gasteiger partial charge < -0.3 is 9.47 Å². The van der Waals surface area contributed by atoms with Gasteiger partial charge in [-0.25, -0.2) is 14.8 Å². The number of ether oxygens (including phenoxy) is 2. The fourth-order valence-corrected chi connectivity index (χ4v) is 4.27. The Hall–Kier alpha value is -2.92. The van der Waals surface area contributed by atoms with Crippen molar-refractivity contribution in [1.29, 1.82) is 0 Å². The molecule has 0 saturated heterocycles. The second kappa shape index (κ2) is 16.0. The van der Waals surface area contributed by atoms with Gasteiger partial charge in [0, 0.05) is 18.0 Å².